The number of nitrogens with one attached hydrogen (secondary N) is 1. The van der Waals surface area contributed by atoms with Gasteiger partial charge in [0.2, 0.25) is 5.79 Å². The minimum atomic E-state index is -0.903. The number of benzene rings is 3. The summed E-state index contributed by atoms with van der Waals surface area (Å²) in [6, 6.07) is 21.8. The van der Waals surface area contributed by atoms with E-state index in [2.05, 4.69) is 29.6 Å². The fraction of sp³-hybridized carbons (Fsp3) is 0.292. The minimum Gasteiger partial charge on any atom is -0.480 e. The van der Waals surface area contributed by atoms with E-state index in [1.54, 1.807) is 0 Å². The average Bonchev–Trinajstić information content (AvgIpc) is 3.22. The Balaban J connectivity index is 1.40. The SMILES string of the molecule is CC(NC(=O)[C@H]1CC2(OCCO2)c2ccccc2O1)c1cccc2ccccc12. The second-order valence-corrected chi connectivity index (χ2v) is 7.56. The van der Waals surface area contributed by atoms with Gasteiger partial charge in [-0.25, -0.2) is 0 Å². The number of hydrogen-bond donors (Lipinski definition) is 1. The molecule has 5 nitrogen and oxygen atoms in total. The molecule has 3 aromatic carbocycles. The highest BCUT2D eigenvalue weighted by Gasteiger charge is 2.48. The second kappa shape index (κ2) is 7.17. The molecule has 0 bridgehead atoms. The molecule has 1 unspecified atom stereocenters. The van der Waals surface area contributed by atoms with Gasteiger partial charge in [0.25, 0.3) is 5.91 Å². The number of amides is 1. The number of ether oxygens (including phenoxy) is 3. The molecule has 2 aliphatic heterocycles. The Morgan fingerprint density at radius 2 is 1.72 bits per heavy atom. The lowest BCUT2D eigenvalue weighted by molar-refractivity contribution is -0.196. The molecule has 1 fully saturated rings. The molecule has 5 heteroatoms. The van der Waals surface area contributed by atoms with Gasteiger partial charge in [0.1, 0.15) is 5.75 Å². The molecule has 1 spiro atoms. The van der Waals surface area contributed by atoms with Crippen molar-refractivity contribution in [3.05, 3.63) is 77.9 Å². The predicted molar refractivity (Wildman–Crippen MR) is 110 cm³/mol. The average molecular weight is 389 g/mol. The summed E-state index contributed by atoms with van der Waals surface area (Å²) in [4.78, 5) is 13.1. The number of carbonyl (C=O) groups is 1. The molecule has 0 radical (unpaired) electrons. The van der Waals surface area contributed by atoms with Crippen LogP contribution in [0.3, 0.4) is 0 Å². The van der Waals surface area contributed by atoms with Crippen molar-refractivity contribution in [2.75, 3.05) is 13.2 Å². The molecule has 0 saturated carbocycles. The van der Waals surface area contributed by atoms with Gasteiger partial charge in [0, 0.05) is 0 Å². The number of rotatable bonds is 3. The summed E-state index contributed by atoms with van der Waals surface area (Å²) in [5.74, 6) is -0.434. The summed E-state index contributed by atoms with van der Waals surface area (Å²) < 4.78 is 17.9. The summed E-state index contributed by atoms with van der Waals surface area (Å²) >= 11 is 0. The van der Waals surface area contributed by atoms with Gasteiger partial charge in [-0.3, -0.25) is 4.79 Å². The zero-order valence-corrected chi connectivity index (χ0v) is 16.3. The van der Waals surface area contributed by atoms with Gasteiger partial charge >= 0.3 is 0 Å². The van der Waals surface area contributed by atoms with Crippen LogP contribution in [0.25, 0.3) is 10.8 Å². The Labute approximate surface area is 169 Å². The van der Waals surface area contributed by atoms with Crippen LogP contribution in [-0.2, 0) is 20.1 Å². The van der Waals surface area contributed by atoms with Crippen molar-refractivity contribution in [2.24, 2.45) is 0 Å². The van der Waals surface area contributed by atoms with Crippen molar-refractivity contribution in [1.82, 2.24) is 5.32 Å². The topological polar surface area (TPSA) is 56.8 Å². The fourth-order valence-corrected chi connectivity index (χ4v) is 4.32. The lowest BCUT2D eigenvalue weighted by atomic mass is 9.94. The molecule has 0 aliphatic carbocycles. The quantitative estimate of drug-likeness (QED) is 0.734. The normalized spacial score (nSPS) is 20.8. The molecule has 2 aliphatic rings. The Bertz CT molecular complexity index is 1050. The Hall–Kier alpha value is -2.89. The molecule has 0 aromatic heterocycles. The van der Waals surface area contributed by atoms with Gasteiger partial charge in [-0.2, -0.15) is 0 Å². The minimum absolute atomic E-state index is 0.157. The molecule has 2 atom stereocenters. The summed E-state index contributed by atoms with van der Waals surface area (Å²) in [7, 11) is 0. The third kappa shape index (κ3) is 3.16. The maximum atomic E-state index is 13.1. The number of para-hydroxylation sites is 1. The van der Waals surface area contributed by atoms with Crippen molar-refractivity contribution in [3.63, 3.8) is 0 Å². The number of carbonyl (C=O) groups excluding carboxylic acids is 1. The zero-order valence-electron chi connectivity index (χ0n) is 16.3. The Morgan fingerprint density at radius 3 is 2.59 bits per heavy atom. The van der Waals surface area contributed by atoms with E-state index in [4.69, 9.17) is 14.2 Å². The maximum absolute atomic E-state index is 13.1. The van der Waals surface area contributed by atoms with Crippen LogP contribution < -0.4 is 10.1 Å². The first kappa shape index (κ1) is 18.2. The van der Waals surface area contributed by atoms with Crippen LogP contribution in [0.15, 0.2) is 66.7 Å². The predicted octanol–water partition coefficient (Wildman–Crippen LogP) is 4.07. The third-order valence-electron chi connectivity index (χ3n) is 5.72. The summed E-state index contributed by atoms with van der Waals surface area (Å²) in [6.07, 6.45) is -0.349. The molecule has 1 amide bonds. The Kier molecular flexibility index (Phi) is 4.49. The lowest BCUT2D eigenvalue weighted by Gasteiger charge is -2.37. The van der Waals surface area contributed by atoms with E-state index in [1.807, 2.05) is 49.4 Å². The van der Waals surface area contributed by atoms with Crippen molar-refractivity contribution < 1.29 is 19.0 Å². The van der Waals surface area contributed by atoms with E-state index in [-0.39, 0.29) is 11.9 Å². The van der Waals surface area contributed by atoms with Crippen LogP contribution in [0.4, 0.5) is 0 Å². The molecule has 2 heterocycles. The van der Waals surface area contributed by atoms with E-state index in [9.17, 15) is 4.79 Å². The largest absolute Gasteiger partial charge is 0.480 e. The van der Waals surface area contributed by atoms with Crippen molar-refractivity contribution in [1.29, 1.82) is 0 Å². The molecule has 148 valence electrons. The first-order chi connectivity index (χ1) is 14.2. The van der Waals surface area contributed by atoms with Gasteiger partial charge in [-0.1, -0.05) is 54.6 Å². The zero-order chi connectivity index (χ0) is 19.8. The van der Waals surface area contributed by atoms with Gasteiger partial charge < -0.3 is 19.5 Å². The van der Waals surface area contributed by atoms with Gasteiger partial charge in [-0.05, 0) is 35.4 Å². The van der Waals surface area contributed by atoms with Crippen LogP contribution in [-0.4, -0.2) is 25.2 Å². The highest BCUT2D eigenvalue weighted by Crippen LogP contribution is 2.45. The first-order valence-electron chi connectivity index (χ1n) is 9.98. The standard InChI is InChI=1S/C24H23NO4/c1-16(18-10-6-8-17-7-2-3-9-19(17)18)25-23(26)22-15-24(27-13-14-28-24)20-11-4-5-12-21(20)29-22/h2-12,16,22H,13-15H2,1H3,(H,25,26)/t16?,22-/m1/s1. The highest BCUT2D eigenvalue weighted by molar-refractivity contribution is 5.87. The van der Waals surface area contributed by atoms with E-state index in [1.165, 1.54) is 0 Å². The lowest BCUT2D eigenvalue weighted by Crippen LogP contribution is -2.47. The maximum Gasteiger partial charge on any atom is 0.261 e. The van der Waals surface area contributed by atoms with Crippen molar-refractivity contribution in [2.45, 2.75) is 31.3 Å². The number of fused-ring (bicyclic) bond motifs is 3. The third-order valence-corrected chi connectivity index (χ3v) is 5.72. The summed E-state index contributed by atoms with van der Waals surface area (Å²) in [5.41, 5.74) is 1.93. The van der Waals surface area contributed by atoms with Gasteiger partial charge in [0.05, 0.1) is 31.2 Å². The Morgan fingerprint density at radius 1 is 1.00 bits per heavy atom. The van der Waals surface area contributed by atoms with Crippen molar-refractivity contribution >= 4 is 16.7 Å². The van der Waals surface area contributed by atoms with Crippen LogP contribution >= 0.6 is 0 Å². The second-order valence-electron chi connectivity index (χ2n) is 7.56. The van der Waals surface area contributed by atoms with Gasteiger partial charge in [-0.15, -0.1) is 0 Å². The number of hydrogen-bond acceptors (Lipinski definition) is 4. The highest BCUT2D eigenvalue weighted by atomic mass is 16.7. The van der Waals surface area contributed by atoms with Crippen molar-refractivity contribution in [3.8, 4) is 5.75 Å². The van der Waals surface area contributed by atoms with E-state index >= 15 is 0 Å². The van der Waals surface area contributed by atoms with Crippen LogP contribution in [0.2, 0.25) is 0 Å². The molecule has 5 rings (SSSR count). The van der Waals surface area contributed by atoms with Gasteiger partial charge in [0.15, 0.2) is 6.10 Å². The van der Waals surface area contributed by atoms with E-state index in [0.29, 0.717) is 25.4 Å². The van der Waals surface area contributed by atoms with E-state index in [0.717, 1.165) is 21.9 Å². The van der Waals surface area contributed by atoms with Crippen LogP contribution in [0, 0.1) is 0 Å². The molecule has 1 saturated heterocycles. The molecule has 1 N–H and O–H groups in total. The fourth-order valence-electron chi connectivity index (χ4n) is 4.32. The first-order valence-corrected chi connectivity index (χ1v) is 9.98. The molecule has 3 aromatic rings. The van der Waals surface area contributed by atoms with E-state index < -0.39 is 11.9 Å². The van der Waals surface area contributed by atoms with Crippen LogP contribution in [0.1, 0.15) is 30.5 Å². The smallest absolute Gasteiger partial charge is 0.261 e. The summed E-state index contributed by atoms with van der Waals surface area (Å²) in [5, 5.41) is 5.41. The molecule has 29 heavy (non-hydrogen) atoms. The summed E-state index contributed by atoms with van der Waals surface area (Å²) in [6.45, 7) is 3.01. The molecular formula is C24H23NO4. The monoisotopic (exact) mass is 389 g/mol. The molecular weight excluding hydrogens is 366 g/mol. The van der Waals surface area contributed by atoms with Crippen LogP contribution in [0.5, 0.6) is 5.75 Å².